The van der Waals surface area contributed by atoms with Crippen LogP contribution >= 0.6 is 0 Å². The molecule has 0 aliphatic rings. The number of phenolic OH excluding ortho intramolecular Hbond substituents is 1. The Bertz CT molecular complexity index is 662. The summed E-state index contributed by atoms with van der Waals surface area (Å²) in [5.74, 6) is 0.138. The van der Waals surface area contributed by atoms with Crippen LogP contribution in [0, 0.1) is 6.92 Å². The highest BCUT2D eigenvalue weighted by molar-refractivity contribution is 7.89. The number of phenols is 1. The molecular formula is C11H11NO3S. The molecule has 0 saturated carbocycles. The first-order valence-corrected chi connectivity index (χ1v) is 6.19. The molecule has 2 rings (SSSR count). The summed E-state index contributed by atoms with van der Waals surface area (Å²) in [4.78, 5) is 0.0497. The maximum Gasteiger partial charge on any atom is 0.238 e. The second kappa shape index (κ2) is 3.47. The second-order valence-electron chi connectivity index (χ2n) is 3.64. The molecule has 0 amide bonds. The van der Waals surface area contributed by atoms with E-state index in [2.05, 4.69) is 0 Å². The third-order valence-corrected chi connectivity index (χ3v) is 3.47. The Morgan fingerprint density at radius 3 is 2.44 bits per heavy atom. The zero-order valence-electron chi connectivity index (χ0n) is 8.64. The first kappa shape index (κ1) is 10.9. The minimum absolute atomic E-state index is 0.0497. The van der Waals surface area contributed by atoms with Crippen molar-refractivity contribution in [3.8, 4) is 5.75 Å². The number of hydrogen-bond acceptors (Lipinski definition) is 3. The van der Waals surface area contributed by atoms with Crippen LogP contribution in [0.3, 0.4) is 0 Å². The van der Waals surface area contributed by atoms with Crippen LogP contribution in [0.25, 0.3) is 10.8 Å². The monoisotopic (exact) mass is 237 g/mol. The highest BCUT2D eigenvalue weighted by Gasteiger charge is 2.10. The summed E-state index contributed by atoms with van der Waals surface area (Å²) in [7, 11) is -3.71. The summed E-state index contributed by atoms with van der Waals surface area (Å²) in [6, 6.07) is 7.90. The van der Waals surface area contributed by atoms with Crippen molar-refractivity contribution in [3.05, 3.63) is 35.9 Å². The number of fused-ring (bicyclic) bond motifs is 1. The second-order valence-corrected chi connectivity index (χ2v) is 5.20. The van der Waals surface area contributed by atoms with Gasteiger partial charge in [-0.25, -0.2) is 13.6 Å². The van der Waals surface area contributed by atoms with E-state index in [0.29, 0.717) is 10.9 Å². The minimum atomic E-state index is -3.71. The molecule has 2 aromatic carbocycles. The van der Waals surface area contributed by atoms with Gasteiger partial charge >= 0.3 is 0 Å². The normalized spacial score (nSPS) is 11.9. The molecule has 3 N–H and O–H groups in total. The number of rotatable bonds is 1. The number of primary sulfonamides is 1. The molecule has 2 aromatic rings. The maximum absolute atomic E-state index is 11.2. The Kier molecular flexibility index (Phi) is 2.36. The summed E-state index contributed by atoms with van der Waals surface area (Å²) in [6.45, 7) is 1.73. The van der Waals surface area contributed by atoms with Gasteiger partial charge in [0.05, 0.1) is 4.90 Å². The molecule has 0 heterocycles. The van der Waals surface area contributed by atoms with Crippen molar-refractivity contribution in [3.63, 3.8) is 0 Å². The lowest BCUT2D eigenvalue weighted by molar-refractivity contribution is 0.472. The smallest absolute Gasteiger partial charge is 0.238 e. The van der Waals surface area contributed by atoms with Gasteiger partial charge in [-0.1, -0.05) is 12.1 Å². The molecule has 0 aromatic heterocycles. The summed E-state index contributed by atoms with van der Waals surface area (Å²) >= 11 is 0. The van der Waals surface area contributed by atoms with Crippen molar-refractivity contribution in [2.24, 2.45) is 5.14 Å². The van der Waals surface area contributed by atoms with Gasteiger partial charge < -0.3 is 5.11 Å². The topological polar surface area (TPSA) is 80.4 Å². The van der Waals surface area contributed by atoms with Crippen LogP contribution in [0.1, 0.15) is 5.56 Å². The SMILES string of the molecule is Cc1c(O)ccc2ccc(S(N)(=O)=O)cc12. The number of benzene rings is 2. The van der Waals surface area contributed by atoms with Gasteiger partial charge in [-0.15, -0.1) is 0 Å². The highest BCUT2D eigenvalue weighted by atomic mass is 32.2. The molecule has 0 atom stereocenters. The number of sulfonamides is 1. The zero-order valence-corrected chi connectivity index (χ0v) is 9.45. The van der Waals surface area contributed by atoms with Crippen LogP contribution in [-0.4, -0.2) is 13.5 Å². The maximum atomic E-state index is 11.2. The Hall–Kier alpha value is -1.59. The number of nitrogens with two attached hydrogens (primary N) is 1. The fraction of sp³-hybridized carbons (Fsp3) is 0.0909. The van der Waals surface area contributed by atoms with E-state index in [9.17, 15) is 13.5 Å². The average Bonchev–Trinajstić information content (AvgIpc) is 2.22. The molecule has 0 aliphatic heterocycles. The molecule has 16 heavy (non-hydrogen) atoms. The number of hydrogen-bond donors (Lipinski definition) is 2. The lowest BCUT2D eigenvalue weighted by Crippen LogP contribution is -2.11. The van der Waals surface area contributed by atoms with E-state index in [1.807, 2.05) is 0 Å². The van der Waals surface area contributed by atoms with E-state index in [0.717, 1.165) is 5.39 Å². The van der Waals surface area contributed by atoms with Crippen molar-refractivity contribution in [2.45, 2.75) is 11.8 Å². The van der Waals surface area contributed by atoms with Crippen LogP contribution in [0.15, 0.2) is 35.2 Å². The van der Waals surface area contributed by atoms with E-state index in [4.69, 9.17) is 5.14 Å². The van der Waals surface area contributed by atoms with E-state index in [1.54, 1.807) is 25.1 Å². The molecule has 0 saturated heterocycles. The van der Waals surface area contributed by atoms with Crippen molar-refractivity contribution in [1.29, 1.82) is 0 Å². The van der Waals surface area contributed by atoms with Gasteiger partial charge in [-0.2, -0.15) is 0 Å². The van der Waals surface area contributed by atoms with E-state index in [-0.39, 0.29) is 10.6 Å². The van der Waals surface area contributed by atoms with Crippen LogP contribution < -0.4 is 5.14 Å². The van der Waals surface area contributed by atoms with Gasteiger partial charge in [0.15, 0.2) is 0 Å². The van der Waals surface area contributed by atoms with Gasteiger partial charge in [0, 0.05) is 0 Å². The highest BCUT2D eigenvalue weighted by Crippen LogP contribution is 2.27. The van der Waals surface area contributed by atoms with Gasteiger partial charge in [0.1, 0.15) is 5.75 Å². The van der Waals surface area contributed by atoms with Gasteiger partial charge in [-0.05, 0) is 41.5 Å². The molecule has 5 heteroatoms. The zero-order chi connectivity index (χ0) is 11.9. The lowest BCUT2D eigenvalue weighted by atomic mass is 10.1. The molecule has 4 nitrogen and oxygen atoms in total. The molecule has 0 unspecified atom stereocenters. The number of aromatic hydroxyl groups is 1. The predicted octanol–water partition coefficient (Wildman–Crippen LogP) is 1.50. The van der Waals surface area contributed by atoms with E-state index >= 15 is 0 Å². The quantitative estimate of drug-likeness (QED) is 0.788. The molecule has 0 bridgehead atoms. The minimum Gasteiger partial charge on any atom is -0.508 e. The molecule has 0 radical (unpaired) electrons. The fourth-order valence-corrected chi connectivity index (χ4v) is 2.15. The van der Waals surface area contributed by atoms with Crippen molar-refractivity contribution >= 4 is 20.8 Å². The molecule has 0 spiro atoms. The first-order chi connectivity index (χ1) is 7.39. The molecular weight excluding hydrogens is 226 g/mol. The van der Waals surface area contributed by atoms with Gasteiger partial charge in [-0.3, -0.25) is 0 Å². The predicted molar refractivity (Wildman–Crippen MR) is 61.7 cm³/mol. The fourth-order valence-electron chi connectivity index (χ4n) is 1.61. The third kappa shape index (κ3) is 1.75. The molecule has 0 aliphatic carbocycles. The summed E-state index contributed by atoms with van der Waals surface area (Å²) < 4.78 is 22.4. The van der Waals surface area contributed by atoms with Crippen LogP contribution in [0.5, 0.6) is 5.75 Å². The van der Waals surface area contributed by atoms with E-state index < -0.39 is 10.0 Å². The first-order valence-electron chi connectivity index (χ1n) is 4.65. The summed E-state index contributed by atoms with van der Waals surface area (Å²) in [6.07, 6.45) is 0. The Labute approximate surface area is 93.4 Å². The third-order valence-electron chi connectivity index (χ3n) is 2.56. The van der Waals surface area contributed by atoms with Crippen LogP contribution in [0.4, 0.5) is 0 Å². The Balaban J connectivity index is 2.84. The van der Waals surface area contributed by atoms with Gasteiger partial charge in [0.25, 0.3) is 0 Å². The van der Waals surface area contributed by atoms with E-state index in [1.165, 1.54) is 12.1 Å². The lowest BCUT2D eigenvalue weighted by Gasteiger charge is -2.06. The summed E-state index contributed by atoms with van der Waals surface area (Å²) in [5.41, 5.74) is 0.642. The van der Waals surface area contributed by atoms with Gasteiger partial charge in [0.2, 0.25) is 10.0 Å². The van der Waals surface area contributed by atoms with Crippen LogP contribution in [0.2, 0.25) is 0 Å². The standard InChI is InChI=1S/C11H11NO3S/c1-7-10-6-9(16(12,14)15)4-2-8(10)3-5-11(7)13/h2-6,13H,1H3,(H2,12,14,15). The number of aryl methyl sites for hydroxylation is 1. The molecule has 0 fully saturated rings. The molecule has 84 valence electrons. The Morgan fingerprint density at radius 2 is 1.81 bits per heavy atom. The largest absolute Gasteiger partial charge is 0.508 e. The van der Waals surface area contributed by atoms with Crippen molar-refractivity contribution in [1.82, 2.24) is 0 Å². The Morgan fingerprint density at radius 1 is 1.19 bits per heavy atom. The van der Waals surface area contributed by atoms with Crippen molar-refractivity contribution in [2.75, 3.05) is 0 Å². The summed E-state index contributed by atoms with van der Waals surface area (Å²) in [5, 5.41) is 16.1. The average molecular weight is 237 g/mol. The van der Waals surface area contributed by atoms with Crippen molar-refractivity contribution < 1.29 is 13.5 Å². The van der Waals surface area contributed by atoms with Crippen LogP contribution in [-0.2, 0) is 10.0 Å².